The van der Waals surface area contributed by atoms with Gasteiger partial charge in [-0.3, -0.25) is 14.6 Å². The van der Waals surface area contributed by atoms with E-state index in [1.54, 1.807) is 6.20 Å². The summed E-state index contributed by atoms with van der Waals surface area (Å²) in [6.07, 6.45) is 3.36. The number of hydrogen-bond acceptors (Lipinski definition) is 5. The second-order valence-corrected chi connectivity index (χ2v) is 8.61. The molecule has 1 aromatic carbocycles. The van der Waals surface area contributed by atoms with Gasteiger partial charge < -0.3 is 15.5 Å². The molecule has 2 atom stereocenters. The van der Waals surface area contributed by atoms with Crippen LogP contribution in [0.4, 0.5) is 0 Å². The van der Waals surface area contributed by atoms with Crippen molar-refractivity contribution in [1.82, 2.24) is 15.6 Å². The van der Waals surface area contributed by atoms with Crippen LogP contribution in [0.25, 0.3) is 11.3 Å². The van der Waals surface area contributed by atoms with Crippen LogP contribution in [0.5, 0.6) is 0 Å². The molecule has 2 rings (SSSR count). The van der Waals surface area contributed by atoms with Gasteiger partial charge in [-0.2, -0.15) is 0 Å². The Balaban J connectivity index is 1.81. The standard InChI is InChI=1S/C22H29N4O3P/c1-16(2)21(26-30(29)15-25-17(3)27)22(28)24-14-6-7-18-9-11-19(12-10-18)20-8-4-5-13-23-20/h4-5,8-13,16,21H,6-7,14-15H2,1-3H3,(H,24,28)(H,25,27)/t21-/m0/s1. The molecular weight excluding hydrogens is 399 g/mol. The second kappa shape index (κ2) is 12.2. The first kappa shape index (κ1) is 23.6. The first-order chi connectivity index (χ1) is 14.4. The quantitative estimate of drug-likeness (QED) is 0.448. The van der Waals surface area contributed by atoms with Crippen molar-refractivity contribution in [3.63, 3.8) is 0 Å². The van der Waals surface area contributed by atoms with Crippen molar-refractivity contribution >= 4 is 19.8 Å². The van der Waals surface area contributed by atoms with Crippen molar-refractivity contribution in [3.8, 4) is 11.3 Å². The number of amides is 2. The number of carbonyl (C=O) groups is 2. The summed E-state index contributed by atoms with van der Waals surface area (Å²) >= 11 is 0. The van der Waals surface area contributed by atoms with E-state index in [0.717, 1.165) is 24.1 Å². The van der Waals surface area contributed by atoms with Crippen LogP contribution < -0.4 is 15.5 Å². The zero-order valence-corrected chi connectivity index (χ0v) is 18.6. The number of benzene rings is 1. The Morgan fingerprint density at radius 3 is 2.47 bits per heavy atom. The van der Waals surface area contributed by atoms with Crippen LogP contribution in [0.1, 0.15) is 32.8 Å². The molecule has 0 saturated heterocycles. The zero-order valence-electron chi connectivity index (χ0n) is 17.7. The van der Waals surface area contributed by atoms with Gasteiger partial charge in [0.05, 0.1) is 5.69 Å². The van der Waals surface area contributed by atoms with E-state index >= 15 is 0 Å². The summed E-state index contributed by atoms with van der Waals surface area (Å²) in [5.74, 6) is -0.589. The van der Waals surface area contributed by atoms with Gasteiger partial charge in [0.25, 0.3) is 0 Å². The maximum absolute atomic E-state index is 12.4. The van der Waals surface area contributed by atoms with E-state index in [1.165, 1.54) is 12.5 Å². The number of nitrogens with zero attached hydrogens (tertiary/aromatic N) is 2. The molecule has 2 amide bonds. The van der Waals surface area contributed by atoms with E-state index in [1.807, 2.05) is 32.0 Å². The molecule has 0 spiro atoms. The molecule has 0 aliphatic carbocycles. The third-order valence-electron chi connectivity index (χ3n) is 4.47. The highest BCUT2D eigenvalue weighted by Crippen LogP contribution is 2.19. The highest BCUT2D eigenvalue weighted by Gasteiger charge is 2.24. The molecule has 0 saturated carbocycles. The van der Waals surface area contributed by atoms with Crippen LogP contribution in [0.15, 0.2) is 53.4 Å². The van der Waals surface area contributed by atoms with Crippen molar-refractivity contribution in [2.24, 2.45) is 10.7 Å². The highest BCUT2D eigenvalue weighted by molar-refractivity contribution is 7.39. The first-order valence-electron chi connectivity index (χ1n) is 10.0. The minimum absolute atomic E-state index is 0.0460. The fourth-order valence-electron chi connectivity index (χ4n) is 2.83. The highest BCUT2D eigenvalue weighted by atomic mass is 31.1. The average molecular weight is 428 g/mol. The summed E-state index contributed by atoms with van der Waals surface area (Å²) in [5, 5.41) is 5.34. The predicted octanol–water partition coefficient (Wildman–Crippen LogP) is 2.86. The molecule has 1 heterocycles. The van der Waals surface area contributed by atoms with Crippen LogP contribution in [0.2, 0.25) is 0 Å². The molecule has 1 unspecified atom stereocenters. The fraction of sp³-hybridized carbons (Fsp3) is 0.409. The smallest absolute Gasteiger partial charge is 0.249 e. The topological polar surface area (TPSA) is 107 Å². The fourth-order valence-corrected chi connectivity index (χ4v) is 3.92. The van der Waals surface area contributed by atoms with E-state index in [0.29, 0.717) is 6.54 Å². The van der Waals surface area contributed by atoms with Gasteiger partial charge in [0, 0.05) is 25.2 Å². The summed E-state index contributed by atoms with van der Waals surface area (Å²) in [5.41, 5.74) is 3.20. The SMILES string of the molecule is CC(=O)NC[P+]([O-])=N[C@H](C(=O)NCCCc1ccc(-c2ccccn2)cc1)C(C)C. The van der Waals surface area contributed by atoms with Crippen molar-refractivity contribution in [1.29, 1.82) is 0 Å². The third-order valence-corrected chi connectivity index (χ3v) is 5.41. The normalized spacial score (nSPS) is 12.5. The zero-order chi connectivity index (χ0) is 21.9. The lowest BCUT2D eigenvalue weighted by Crippen LogP contribution is -2.37. The summed E-state index contributed by atoms with van der Waals surface area (Å²) in [6.45, 7) is 5.58. The molecule has 8 heteroatoms. The summed E-state index contributed by atoms with van der Waals surface area (Å²) in [7, 11) is -2.02. The molecule has 0 aliphatic rings. The Kier molecular flexibility index (Phi) is 9.58. The molecule has 0 radical (unpaired) electrons. The van der Waals surface area contributed by atoms with E-state index < -0.39 is 14.0 Å². The largest absolute Gasteiger partial charge is 0.611 e. The average Bonchev–Trinajstić information content (AvgIpc) is 2.74. The monoisotopic (exact) mass is 428 g/mol. The van der Waals surface area contributed by atoms with Gasteiger partial charge in [-0.05, 0) is 36.5 Å². The van der Waals surface area contributed by atoms with Gasteiger partial charge in [-0.25, -0.2) is 0 Å². The van der Waals surface area contributed by atoms with Crippen molar-refractivity contribution in [3.05, 3.63) is 54.2 Å². The Hall–Kier alpha value is -2.63. The molecule has 160 valence electrons. The number of rotatable bonds is 10. The number of aryl methyl sites for hydroxylation is 1. The van der Waals surface area contributed by atoms with Crippen LogP contribution in [0, 0.1) is 5.92 Å². The maximum Gasteiger partial charge on any atom is 0.249 e. The van der Waals surface area contributed by atoms with Gasteiger partial charge in [-0.15, -0.1) is 0 Å². The van der Waals surface area contributed by atoms with Gasteiger partial charge in [0.15, 0.2) is 20.3 Å². The van der Waals surface area contributed by atoms with Crippen LogP contribution >= 0.6 is 7.94 Å². The Morgan fingerprint density at radius 2 is 1.87 bits per heavy atom. The van der Waals surface area contributed by atoms with E-state index in [9.17, 15) is 14.5 Å². The Labute approximate surface area is 178 Å². The molecule has 2 aromatic rings. The second-order valence-electron chi connectivity index (χ2n) is 7.35. The number of carbonyl (C=O) groups excluding carboxylic acids is 2. The van der Waals surface area contributed by atoms with Crippen molar-refractivity contribution in [2.75, 3.05) is 12.8 Å². The summed E-state index contributed by atoms with van der Waals surface area (Å²) in [4.78, 5) is 39.7. The van der Waals surface area contributed by atoms with Crippen LogP contribution in [-0.4, -0.2) is 35.7 Å². The van der Waals surface area contributed by atoms with Gasteiger partial charge in [-0.1, -0.05) is 48.9 Å². The molecule has 30 heavy (non-hydrogen) atoms. The number of aromatic nitrogens is 1. The number of nitrogens with one attached hydrogen (secondary N) is 2. The minimum Gasteiger partial charge on any atom is -0.611 e. The predicted molar refractivity (Wildman–Crippen MR) is 118 cm³/mol. The molecule has 7 nitrogen and oxygen atoms in total. The van der Waals surface area contributed by atoms with E-state index in [2.05, 4.69) is 44.6 Å². The van der Waals surface area contributed by atoms with Crippen LogP contribution in [-0.2, 0) is 16.0 Å². The van der Waals surface area contributed by atoms with Gasteiger partial charge >= 0.3 is 0 Å². The number of hydrogen-bond donors (Lipinski definition) is 2. The molecule has 2 N–H and O–H groups in total. The first-order valence-corrected chi connectivity index (χ1v) is 11.4. The molecule has 0 aliphatic heterocycles. The van der Waals surface area contributed by atoms with E-state index in [4.69, 9.17) is 0 Å². The lowest BCUT2D eigenvalue weighted by molar-refractivity contribution is -0.157. The van der Waals surface area contributed by atoms with Crippen molar-refractivity contribution in [2.45, 2.75) is 39.7 Å². The maximum atomic E-state index is 12.4. The Bertz CT molecular complexity index is 854. The Morgan fingerprint density at radius 1 is 1.13 bits per heavy atom. The molecule has 0 bridgehead atoms. The van der Waals surface area contributed by atoms with Crippen LogP contribution in [0.3, 0.4) is 0 Å². The molecular formula is C22H29N4O3P. The lowest BCUT2D eigenvalue weighted by atomic mass is 10.0. The summed E-state index contributed by atoms with van der Waals surface area (Å²) < 4.78 is 4.10. The van der Waals surface area contributed by atoms with Gasteiger partial charge in [0.1, 0.15) is 0 Å². The number of pyridine rings is 1. The van der Waals surface area contributed by atoms with Gasteiger partial charge in [0.2, 0.25) is 11.8 Å². The van der Waals surface area contributed by atoms with E-state index in [-0.39, 0.29) is 24.0 Å². The summed E-state index contributed by atoms with van der Waals surface area (Å²) in [6, 6.07) is 13.4. The minimum atomic E-state index is -2.02. The third kappa shape index (κ3) is 8.01. The molecule has 1 aromatic heterocycles. The lowest BCUT2D eigenvalue weighted by Gasteiger charge is -2.15. The van der Waals surface area contributed by atoms with Crippen molar-refractivity contribution < 1.29 is 14.5 Å². The molecule has 0 fully saturated rings.